The SMILES string of the molecule is O=C(NCCOc1ccccn1)c1ccc(-n2nc(-c3ccccc3O)nc2-c2ccccc2O)cc1. The van der Waals surface area contributed by atoms with Crippen LogP contribution in [0.15, 0.2) is 97.2 Å². The summed E-state index contributed by atoms with van der Waals surface area (Å²) in [6.07, 6.45) is 1.64. The van der Waals surface area contributed by atoms with Crippen molar-refractivity contribution in [2.24, 2.45) is 0 Å². The lowest BCUT2D eigenvalue weighted by Gasteiger charge is -2.09. The van der Waals surface area contributed by atoms with Gasteiger partial charge in [-0.3, -0.25) is 4.79 Å². The van der Waals surface area contributed by atoms with Gasteiger partial charge < -0.3 is 20.3 Å². The Balaban J connectivity index is 1.37. The van der Waals surface area contributed by atoms with Crippen LogP contribution in [0.2, 0.25) is 0 Å². The molecule has 0 bridgehead atoms. The van der Waals surface area contributed by atoms with Crippen molar-refractivity contribution < 1.29 is 19.7 Å². The number of nitrogens with zero attached hydrogens (tertiary/aromatic N) is 4. The zero-order chi connectivity index (χ0) is 25.6. The van der Waals surface area contributed by atoms with E-state index in [1.807, 2.05) is 6.07 Å². The molecule has 0 unspecified atom stereocenters. The maximum atomic E-state index is 12.6. The molecule has 184 valence electrons. The summed E-state index contributed by atoms with van der Waals surface area (Å²) in [7, 11) is 0. The molecular formula is C28H23N5O4. The summed E-state index contributed by atoms with van der Waals surface area (Å²) in [5.74, 6) is 1.03. The van der Waals surface area contributed by atoms with Crippen molar-refractivity contribution in [1.29, 1.82) is 0 Å². The van der Waals surface area contributed by atoms with E-state index in [2.05, 4.69) is 20.4 Å². The fourth-order valence-corrected chi connectivity index (χ4v) is 3.71. The second-order valence-electron chi connectivity index (χ2n) is 8.02. The molecule has 1 amide bonds. The number of pyridine rings is 1. The molecule has 0 saturated heterocycles. The average Bonchev–Trinajstić information content (AvgIpc) is 3.37. The van der Waals surface area contributed by atoms with Crippen LogP contribution < -0.4 is 10.1 Å². The third-order valence-corrected chi connectivity index (χ3v) is 5.55. The average molecular weight is 494 g/mol. The van der Waals surface area contributed by atoms with Crippen LogP contribution in [0, 0.1) is 0 Å². The molecule has 5 rings (SSSR count). The van der Waals surface area contributed by atoms with Crippen LogP contribution in [-0.4, -0.2) is 49.0 Å². The molecule has 2 heterocycles. The lowest BCUT2D eigenvalue weighted by Crippen LogP contribution is -2.28. The first-order valence-electron chi connectivity index (χ1n) is 11.6. The van der Waals surface area contributed by atoms with Crippen LogP contribution in [0.25, 0.3) is 28.5 Å². The summed E-state index contributed by atoms with van der Waals surface area (Å²) in [4.78, 5) is 21.3. The van der Waals surface area contributed by atoms with Crippen molar-refractivity contribution >= 4 is 5.91 Å². The number of nitrogens with one attached hydrogen (secondary N) is 1. The fraction of sp³-hybridized carbons (Fsp3) is 0.0714. The number of benzene rings is 3. The van der Waals surface area contributed by atoms with Crippen LogP contribution in [0.5, 0.6) is 17.4 Å². The highest BCUT2D eigenvalue weighted by molar-refractivity contribution is 5.94. The Hall–Kier alpha value is -5.18. The number of hydrogen-bond donors (Lipinski definition) is 3. The number of hydrogen-bond acceptors (Lipinski definition) is 7. The molecule has 9 nitrogen and oxygen atoms in total. The number of aromatic hydroxyl groups is 2. The number of rotatable bonds is 8. The Morgan fingerprint density at radius 3 is 2.19 bits per heavy atom. The molecule has 9 heteroatoms. The van der Waals surface area contributed by atoms with Crippen molar-refractivity contribution in [3.8, 4) is 45.8 Å². The van der Waals surface area contributed by atoms with E-state index in [-0.39, 0.29) is 17.4 Å². The number of phenols is 2. The minimum absolute atomic E-state index is 0.0440. The molecule has 2 aromatic heterocycles. The number of aromatic nitrogens is 4. The van der Waals surface area contributed by atoms with Gasteiger partial charge in [0.25, 0.3) is 5.91 Å². The number of carbonyl (C=O) groups excluding carboxylic acids is 1. The molecule has 3 aromatic carbocycles. The molecule has 37 heavy (non-hydrogen) atoms. The van der Waals surface area contributed by atoms with E-state index in [9.17, 15) is 15.0 Å². The second-order valence-corrected chi connectivity index (χ2v) is 8.02. The van der Waals surface area contributed by atoms with Crippen LogP contribution in [0.4, 0.5) is 0 Å². The van der Waals surface area contributed by atoms with Gasteiger partial charge in [-0.2, -0.15) is 0 Å². The van der Waals surface area contributed by atoms with Crippen LogP contribution in [-0.2, 0) is 0 Å². The second kappa shape index (κ2) is 10.6. The number of amides is 1. The topological polar surface area (TPSA) is 122 Å². The van der Waals surface area contributed by atoms with Gasteiger partial charge in [-0.1, -0.05) is 30.3 Å². The predicted octanol–water partition coefficient (Wildman–Crippen LogP) is 4.22. The van der Waals surface area contributed by atoms with Crippen molar-refractivity contribution in [3.05, 3.63) is 103 Å². The van der Waals surface area contributed by atoms with Gasteiger partial charge in [0, 0.05) is 17.8 Å². The van der Waals surface area contributed by atoms with Crippen molar-refractivity contribution in [2.75, 3.05) is 13.2 Å². The fourth-order valence-electron chi connectivity index (χ4n) is 3.71. The Bertz CT molecular complexity index is 1520. The van der Waals surface area contributed by atoms with Gasteiger partial charge in [-0.15, -0.1) is 5.10 Å². The molecular weight excluding hydrogens is 470 g/mol. The Labute approximate surface area is 212 Å². The Morgan fingerprint density at radius 1 is 0.838 bits per heavy atom. The molecule has 0 spiro atoms. The largest absolute Gasteiger partial charge is 0.507 e. The number of carbonyl (C=O) groups is 1. The van der Waals surface area contributed by atoms with E-state index >= 15 is 0 Å². The molecule has 3 N–H and O–H groups in total. The molecule has 0 radical (unpaired) electrons. The monoisotopic (exact) mass is 493 g/mol. The summed E-state index contributed by atoms with van der Waals surface area (Å²) in [6, 6.07) is 25.8. The van der Waals surface area contributed by atoms with Gasteiger partial charge in [0.15, 0.2) is 11.6 Å². The summed E-state index contributed by atoms with van der Waals surface area (Å²) in [5.41, 5.74) is 2.03. The van der Waals surface area contributed by atoms with Crippen molar-refractivity contribution in [3.63, 3.8) is 0 Å². The molecule has 0 aliphatic rings. The molecule has 0 atom stereocenters. The zero-order valence-corrected chi connectivity index (χ0v) is 19.7. The number of phenolic OH excluding ortho intramolecular Hbond substituents is 2. The van der Waals surface area contributed by atoms with Gasteiger partial charge in [0.2, 0.25) is 5.88 Å². The van der Waals surface area contributed by atoms with E-state index in [1.165, 1.54) is 0 Å². The first-order chi connectivity index (χ1) is 18.1. The Kier molecular flexibility index (Phi) is 6.76. The summed E-state index contributed by atoms with van der Waals surface area (Å²) < 4.78 is 7.07. The van der Waals surface area contributed by atoms with Gasteiger partial charge in [0.05, 0.1) is 23.4 Å². The van der Waals surface area contributed by atoms with Crippen molar-refractivity contribution in [1.82, 2.24) is 25.1 Å². The Morgan fingerprint density at radius 2 is 1.51 bits per heavy atom. The van der Waals surface area contributed by atoms with E-state index < -0.39 is 0 Å². The summed E-state index contributed by atoms with van der Waals surface area (Å²) >= 11 is 0. The number of ether oxygens (including phenoxy) is 1. The number of para-hydroxylation sites is 2. The predicted molar refractivity (Wildman–Crippen MR) is 138 cm³/mol. The molecule has 0 fully saturated rings. The quantitative estimate of drug-likeness (QED) is 0.277. The summed E-state index contributed by atoms with van der Waals surface area (Å²) in [6.45, 7) is 0.612. The molecule has 0 aliphatic heterocycles. The maximum Gasteiger partial charge on any atom is 0.251 e. The van der Waals surface area contributed by atoms with Crippen LogP contribution >= 0.6 is 0 Å². The van der Waals surface area contributed by atoms with E-state index in [0.717, 1.165) is 0 Å². The van der Waals surface area contributed by atoms with E-state index in [1.54, 1.807) is 95.8 Å². The molecule has 0 aliphatic carbocycles. The molecule has 0 saturated carbocycles. The third kappa shape index (κ3) is 5.25. The minimum atomic E-state index is -0.245. The lowest BCUT2D eigenvalue weighted by molar-refractivity contribution is 0.0946. The van der Waals surface area contributed by atoms with Crippen LogP contribution in [0.3, 0.4) is 0 Å². The highest BCUT2D eigenvalue weighted by Gasteiger charge is 2.19. The van der Waals surface area contributed by atoms with Crippen LogP contribution in [0.1, 0.15) is 10.4 Å². The third-order valence-electron chi connectivity index (χ3n) is 5.55. The normalized spacial score (nSPS) is 10.7. The van der Waals surface area contributed by atoms with Gasteiger partial charge in [-0.05, 0) is 54.6 Å². The van der Waals surface area contributed by atoms with Gasteiger partial charge in [0.1, 0.15) is 18.1 Å². The maximum absolute atomic E-state index is 12.6. The van der Waals surface area contributed by atoms with E-state index in [0.29, 0.717) is 53.1 Å². The van der Waals surface area contributed by atoms with Gasteiger partial charge >= 0.3 is 0 Å². The smallest absolute Gasteiger partial charge is 0.251 e. The first kappa shape index (κ1) is 23.6. The van der Waals surface area contributed by atoms with E-state index in [4.69, 9.17) is 4.74 Å². The zero-order valence-electron chi connectivity index (χ0n) is 19.7. The van der Waals surface area contributed by atoms with Crippen molar-refractivity contribution in [2.45, 2.75) is 0 Å². The minimum Gasteiger partial charge on any atom is -0.507 e. The summed E-state index contributed by atoms with van der Waals surface area (Å²) in [5, 5.41) is 28.2. The lowest BCUT2D eigenvalue weighted by atomic mass is 10.1. The molecule has 5 aromatic rings. The highest BCUT2D eigenvalue weighted by Crippen LogP contribution is 2.33. The highest BCUT2D eigenvalue weighted by atomic mass is 16.5. The van der Waals surface area contributed by atoms with Gasteiger partial charge in [-0.25, -0.2) is 14.6 Å². The first-order valence-corrected chi connectivity index (χ1v) is 11.6. The standard InChI is InChI=1S/C28H23N5O4/c34-23-9-3-1-7-21(23)26-31-27(22-8-2-4-10-24(22)35)33(32-26)20-14-12-19(13-15-20)28(36)30-17-18-37-25-11-5-6-16-29-25/h1-16,34-35H,17-18H2,(H,30,36).